The van der Waals surface area contributed by atoms with Crippen LogP contribution in [0.5, 0.6) is 5.75 Å². The molecule has 1 unspecified atom stereocenters. The van der Waals surface area contributed by atoms with E-state index in [2.05, 4.69) is 0 Å². The Morgan fingerprint density at radius 3 is 2.43 bits per heavy atom. The highest BCUT2D eigenvalue weighted by Gasteiger charge is 2.15. The van der Waals surface area contributed by atoms with E-state index >= 15 is 0 Å². The summed E-state index contributed by atoms with van der Waals surface area (Å²) in [6.45, 7) is 3.56. The van der Waals surface area contributed by atoms with Gasteiger partial charge in [-0.05, 0) is 35.4 Å². The summed E-state index contributed by atoms with van der Waals surface area (Å²) >= 11 is 0. The quantitative estimate of drug-likeness (QED) is 0.638. The molecule has 0 saturated heterocycles. The molecule has 0 aromatic heterocycles. The zero-order chi connectivity index (χ0) is 15.4. The van der Waals surface area contributed by atoms with Crippen LogP contribution in [0.3, 0.4) is 0 Å². The summed E-state index contributed by atoms with van der Waals surface area (Å²) in [5.41, 5.74) is 0.896. The highest BCUT2D eigenvalue weighted by Crippen LogP contribution is 2.26. The second kappa shape index (κ2) is 6.39. The smallest absolute Gasteiger partial charge is 0.312 e. The highest BCUT2D eigenvalue weighted by atomic mass is 16.5. The van der Waals surface area contributed by atoms with Crippen molar-refractivity contribution in [1.82, 2.24) is 0 Å². The largest absolute Gasteiger partial charge is 0.469 e. The minimum atomic E-state index is -0.308. The van der Waals surface area contributed by atoms with Crippen molar-refractivity contribution in [1.29, 1.82) is 0 Å². The fourth-order valence-corrected chi connectivity index (χ4v) is 2.09. The summed E-state index contributed by atoms with van der Waals surface area (Å²) < 4.78 is 9.95. The number of hydrogen-bond acceptors (Lipinski definition) is 4. The first kappa shape index (κ1) is 15.0. The van der Waals surface area contributed by atoms with Gasteiger partial charge in [-0.2, -0.15) is 0 Å². The maximum Gasteiger partial charge on any atom is 0.312 e. The van der Waals surface area contributed by atoms with Crippen molar-refractivity contribution >= 4 is 22.7 Å². The number of fused-ring (bicyclic) bond motifs is 1. The number of methoxy groups -OCH3 is 1. The molecule has 0 heterocycles. The summed E-state index contributed by atoms with van der Waals surface area (Å²) in [6.07, 6.45) is 0.341. The van der Waals surface area contributed by atoms with E-state index in [1.54, 1.807) is 13.0 Å². The number of carbonyl (C=O) groups excluding carboxylic acids is 2. The lowest BCUT2D eigenvalue weighted by molar-refractivity contribution is -0.142. The van der Waals surface area contributed by atoms with E-state index in [1.165, 1.54) is 7.11 Å². The van der Waals surface area contributed by atoms with Crippen LogP contribution in [0, 0.1) is 0 Å². The third-order valence-corrected chi connectivity index (χ3v) is 3.41. The first-order chi connectivity index (χ1) is 10.0. The average Bonchev–Trinajstić information content (AvgIpc) is 2.52. The third-order valence-electron chi connectivity index (χ3n) is 3.41. The predicted octanol–water partition coefficient (Wildman–Crippen LogP) is 3.43. The molecule has 0 aliphatic heterocycles. The lowest BCUT2D eigenvalue weighted by Crippen LogP contribution is -2.10. The van der Waals surface area contributed by atoms with Crippen LogP contribution in [-0.2, 0) is 14.3 Å². The number of rotatable bonds is 4. The molecule has 0 aliphatic rings. The Balaban J connectivity index is 2.31. The molecule has 0 spiro atoms. The Morgan fingerprint density at radius 1 is 1.10 bits per heavy atom. The maximum atomic E-state index is 11.6. The van der Waals surface area contributed by atoms with Crippen LogP contribution in [0.2, 0.25) is 0 Å². The summed E-state index contributed by atoms with van der Waals surface area (Å²) in [6, 6.07) is 11.2. The second-order valence-electron chi connectivity index (χ2n) is 4.84. The number of ether oxygens (including phenoxy) is 2. The van der Waals surface area contributed by atoms with Crippen LogP contribution >= 0.6 is 0 Å². The van der Waals surface area contributed by atoms with Gasteiger partial charge in [0.1, 0.15) is 5.75 Å². The Labute approximate surface area is 123 Å². The molecule has 4 heteroatoms. The van der Waals surface area contributed by atoms with E-state index in [1.807, 2.05) is 37.3 Å². The molecule has 0 bridgehead atoms. The zero-order valence-corrected chi connectivity index (χ0v) is 12.4. The molecule has 1 atom stereocenters. The molecule has 0 N–H and O–H groups in total. The van der Waals surface area contributed by atoms with Gasteiger partial charge in [-0.15, -0.1) is 0 Å². The molecule has 0 amide bonds. The van der Waals surface area contributed by atoms with Gasteiger partial charge < -0.3 is 9.47 Å². The van der Waals surface area contributed by atoms with Crippen molar-refractivity contribution in [3.8, 4) is 5.75 Å². The molecule has 2 aromatic carbocycles. The van der Waals surface area contributed by atoms with E-state index in [0.717, 1.165) is 16.3 Å². The summed E-state index contributed by atoms with van der Waals surface area (Å²) in [7, 11) is 1.38. The van der Waals surface area contributed by atoms with Crippen molar-refractivity contribution < 1.29 is 19.1 Å². The van der Waals surface area contributed by atoms with Crippen LogP contribution < -0.4 is 4.74 Å². The SMILES string of the molecule is CCC(=O)Oc1ccc2cc(C(C)C(=O)OC)ccc2c1. The Hall–Kier alpha value is -2.36. The van der Waals surface area contributed by atoms with Gasteiger partial charge in [0.05, 0.1) is 13.0 Å². The number of hydrogen-bond donors (Lipinski definition) is 0. The van der Waals surface area contributed by atoms with Gasteiger partial charge in [-0.3, -0.25) is 9.59 Å². The van der Waals surface area contributed by atoms with Crippen molar-refractivity contribution in [3.63, 3.8) is 0 Å². The number of benzene rings is 2. The Morgan fingerprint density at radius 2 is 1.76 bits per heavy atom. The van der Waals surface area contributed by atoms with Gasteiger partial charge in [-0.25, -0.2) is 0 Å². The first-order valence-corrected chi connectivity index (χ1v) is 6.87. The van der Waals surface area contributed by atoms with Crippen LogP contribution in [0.1, 0.15) is 31.7 Å². The van der Waals surface area contributed by atoms with E-state index in [-0.39, 0.29) is 17.9 Å². The lowest BCUT2D eigenvalue weighted by atomic mass is 9.98. The second-order valence-corrected chi connectivity index (χ2v) is 4.84. The molecule has 110 valence electrons. The summed E-state index contributed by atoms with van der Waals surface area (Å²) in [5.74, 6) is -0.298. The molecule has 0 aliphatic carbocycles. The molecular weight excluding hydrogens is 268 g/mol. The van der Waals surface area contributed by atoms with Crippen molar-refractivity contribution in [2.45, 2.75) is 26.2 Å². The molecule has 4 nitrogen and oxygen atoms in total. The maximum absolute atomic E-state index is 11.6. The van der Waals surface area contributed by atoms with Gasteiger partial charge in [0.2, 0.25) is 0 Å². The zero-order valence-electron chi connectivity index (χ0n) is 12.4. The molecule has 0 fully saturated rings. The first-order valence-electron chi connectivity index (χ1n) is 6.87. The lowest BCUT2D eigenvalue weighted by Gasteiger charge is -2.11. The van der Waals surface area contributed by atoms with Crippen LogP contribution in [0.4, 0.5) is 0 Å². The molecule has 0 radical (unpaired) electrons. The van der Waals surface area contributed by atoms with E-state index < -0.39 is 0 Å². The van der Waals surface area contributed by atoms with Gasteiger partial charge in [-0.1, -0.05) is 31.2 Å². The van der Waals surface area contributed by atoms with E-state index in [4.69, 9.17) is 9.47 Å². The molecular formula is C17H18O4. The monoisotopic (exact) mass is 286 g/mol. The fourth-order valence-electron chi connectivity index (χ4n) is 2.09. The predicted molar refractivity (Wildman–Crippen MR) is 80.3 cm³/mol. The van der Waals surface area contributed by atoms with Gasteiger partial charge in [0.25, 0.3) is 0 Å². The van der Waals surface area contributed by atoms with Crippen LogP contribution in [0.15, 0.2) is 36.4 Å². The highest BCUT2D eigenvalue weighted by molar-refractivity contribution is 5.87. The summed E-state index contributed by atoms with van der Waals surface area (Å²) in [4.78, 5) is 22.9. The van der Waals surface area contributed by atoms with Crippen LogP contribution in [-0.4, -0.2) is 19.0 Å². The average molecular weight is 286 g/mol. The van der Waals surface area contributed by atoms with Crippen LogP contribution in [0.25, 0.3) is 10.8 Å². The molecule has 0 saturated carbocycles. The molecule has 2 rings (SSSR count). The molecule has 21 heavy (non-hydrogen) atoms. The third kappa shape index (κ3) is 3.40. The molecule has 2 aromatic rings. The standard InChI is InChI=1S/C17H18O4/c1-4-16(18)21-15-8-7-13-9-12(5-6-14(13)10-15)11(2)17(19)20-3/h5-11H,4H2,1-3H3. The Bertz CT molecular complexity index is 676. The normalized spacial score (nSPS) is 12.0. The van der Waals surface area contributed by atoms with Crippen molar-refractivity contribution in [3.05, 3.63) is 42.0 Å². The van der Waals surface area contributed by atoms with Gasteiger partial charge >= 0.3 is 11.9 Å². The Kier molecular flexibility index (Phi) is 4.58. The summed E-state index contributed by atoms with van der Waals surface area (Å²) in [5, 5.41) is 1.94. The van der Waals surface area contributed by atoms with Crippen molar-refractivity contribution in [2.24, 2.45) is 0 Å². The van der Waals surface area contributed by atoms with Gasteiger partial charge in [0, 0.05) is 6.42 Å². The number of esters is 2. The van der Waals surface area contributed by atoms with E-state index in [0.29, 0.717) is 12.2 Å². The minimum Gasteiger partial charge on any atom is -0.469 e. The fraction of sp³-hybridized carbons (Fsp3) is 0.294. The minimum absolute atomic E-state index is 0.259. The van der Waals surface area contributed by atoms with E-state index in [9.17, 15) is 9.59 Å². The topological polar surface area (TPSA) is 52.6 Å². The number of carbonyl (C=O) groups is 2. The van der Waals surface area contributed by atoms with Gasteiger partial charge in [0.15, 0.2) is 0 Å². The van der Waals surface area contributed by atoms with Crippen molar-refractivity contribution in [2.75, 3.05) is 7.11 Å².